The summed E-state index contributed by atoms with van der Waals surface area (Å²) >= 11 is 5.73. The second-order valence-corrected chi connectivity index (χ2v) is 4.12. The maximum absolute atomic E-state index is 5.73. The Hall–Kier alpha value is -0.600. The summed E-state index contributed by atoms with van der Waals surface area (Å²) in [5, 5.41) is 3.45. The normalized spacial score (nSPS) is 12.7. The van der Waals surface area contributed by atoms with Crippen LogP contribution in [0.3, 0.4) is 0 Å². The number of hydrogen-bond acceptors (Lipinski definition) is 2. The molecule has 1 unspecified atom stereocenters. The van der Waals surface area contributed by atoms with E-state index in [4.69, 9.17) is 11.6 Å². The first-order valence-corrected chi connectivity index (χ1v) is 6.05. The smallest absolute Gasteiger partial charge is 0.0271 e. The maximum Gasteiger partial charge on any atom is 0.0271 e. The molecule has 0 bridgehead atoms. The van der Waals surface area contributed by atoms with E-state index in [1.54, 1.807) is 0 Å². The molecule has 0 fully saturated rings. The maximum atomic E-state index is 5.73. The van der Waals surface area contributed by atoms with Gasteiger partial charge in [-0.3, -0.25) is 4.98 Å². The average Bonchev–Trinajstić information content (AvgIpc) is 2.29. The fourth-order valence-electron chi connectivity index (χ4n) is 1.53. The summed E-state index contributed by atoms with van der Waals surface area (Å²) in [5.41, 5.74) is 1.28. The van der Waals surface area contributed by atoms with Gasteiger partial charge in [-0.2, -0.15) is 0 Å². The highest BCUT2D eigenvalue weighted by Gasteiger charge is 2.04. The molecule has 0 radical (unpaired) electrons. The third-order valence-electron chi connectivity index (χ3n) is 2.61. The van der Waals surface area contributed by atoms with E-state index >= 15 is 0 Å². The summed E-state index contributed by atoms with van der Waals surface area (Å²) < 4.78 is 0. The number of hydrogen-bond donors (Lipinski definition) is 1. The fraction of sp³-hybridized carbons (Fsp3) is 0.583. The molecule has 84 valence electrons. The monoisotopic (exact) mass is 226 g/mol. The second kappa shape index (κ2) is 7.66. The molecule has 3 heteroatoms. The molecule has 0 aromatic carbocycles. The van der Waals surface area contributed by atoms with Crippen molar-refractivity contribution in [1.82, 2.24) is 10.3 Å². The van der Waals surface area contributed by atoms with Crippen LogP contribution in [0.4, 0.5) is 0 Å². The molecule has 1 rings (SSSR count). The first kappa shape index (κ1) is 12.5. The Morgan fingerprint density at radius 3 is 2.73 bits per heavy atom. The molecule has 15 heavy (non-hydrogen) atoms. The number of alkyl halides is 1. The van der Waals surface area contributed by atoms with Crippen LogP contribution in [0.2, 0.25) is 0 Å². The highest BCUT2D eigenvalue weighted by Crippen LogP contribution is 2.08. The molecule has 0 spiro atoms. The molecule has 1 N–H and O–H groups in total. The molecular formula is C12H19ClN2. The highest BCUT2D eigenvalue weighted by molar-refractivity contribution is 6.17. The summed E-state index contributed by atoms with van der Waals surface area (Å²) in [6, 6.07) is 4.07. The summed E-state index contributed by atoms with van der Waals surface area (Å²) in [6.45, 7) is 4.18. The fourth-order valence-corrected chi connectivity index (χ4v) is 1.83. The number of nitrogens with one attached hydrogen (secondary N) is 1. The van der Waals surface area contributed by atoms with E-state index in [1.807, 2.05) is 24.5 Å². The van der Waals surface area contributed by atoms with Gasteiger partial charge in [0.1, 0.15) is 0 Å². The lowest BCUT2D eigenvalue weighted by atomic mass is 10.0. The van der Waals surface area contributed by atoms with E-state index in [-0.39, 0.29) is 0 Å². The molecule has 1 aromatic rings. The van der Waals surface area contributed by atoms with Gasteiger partial charge < -0.3 is 5.32 Å². The van der Waals surface area contributed by atoms with Gasteiger partial charge in [-0.25, -0.2) is 0 Å². The van der Waals surface area contributed by atoms with Crippen molar-refractivity contribution in [1.29, 1.82) is 0 Å². The van der Waals surface area contributed by atoms with Crippen molar-refractivity contribution in [3.05, 3.63) is 30.1 Å². The van der Waals surface area contributed by atoms with E-state index in [2.05, 4.69) is 17.2 Å². The van der Waals surface area contributed by atoms with E-state index in [0.717, 1.165) is 25.4 Å². The lowest BCUT2D eigenvalue weighted by molar-refractivity contribution is 0.451. The Morgan fingerprint density at radius 1 is 1.40 bits per heavy atom. The second-order valence-electron chi connectivity index (χ2n) is 3.74. The van der Waals surface area contributed by atoms with Crippen LogP contribution in [0.1, 0.15) is 25.3 Å². The van der Waals surface area contributed by atoms with E-state index in [0.29, 0.717) is 5.92 Å². The number of pyridine rings is 1. The Balaban J connectivity index is 2.20. The number of rotatable bonds is 7. The molecule has 2 nitrogen and oxygen atoms in total. The van der Waals surface area contributed by atoms with Gasteiger partial charge in [0.2, 0.25) is 0 Å². The zero-order chi connectivity index (χ0) is 10.9. The summed E-state index contributed by atoms with van der Waals surface area (Å²) in [5.74, 6) is 1.46. The first-order valence-electron chi connectivity index (χ1n) is 5.52. The summed E-state index contributed by atoms with van der Waals surface area (Å²) in [6.07, 6.45) is 5.94. The lowest BCUT2D eigenvalue weighted by Crippen LogP contribution is -2.22. The highest BCUT2D eigenvalue weighted by atomic mass is 35.5. The molecule has 1 atom stereocenters. The van der Waals surface area contributed by atoms with Gasteiger partial charge in [-0.15, -0.1) is 11.6 Å². The van der Waals surface area contributed by atoms with Crippen molar-refractivity contribution in [3.8, 4) is 0 Å². The van der Waals surface area contributed by atoms with E-state index < -0.39 is 0 Å². The largest absolute Gasteiger partial charge is 0.312 e. The van der Waals surface area contributed by atoms with Crippen LogP contribution in [0.25, 0.3) is 0 Å². The van der Waals surface area contributed by atoms with Crippen LogP contribution in [0.15, 0.2) is 24.5 Å². The van der Waals surface area contributed by atoms with Gasteiger partial charge in [0.05, 0.1) is 0 Å². The van der Waals surface area contributed by atoms with Gasteiger partial charge in [0.15, 0.2) is 0 Å². The minimum absolute atomic E-state index is 0.698. The van der Waals surface area contributed by atoms with Crippen LogP contribution in [0, 0.1) is 5.92 Å². The van der Waals surface area contributed by atoms with E-state index in [1.165, 1.54) is 12.0 Å². The molecule has 0 saturated carbocycles. The van der Waals surface area contributed by atoms with Crippen molar-refractivity contribution in [3.63, 3.8) is 0 Å². The number of nitrogens with zero attached hydrogens (tertiary/aromatic N) is 1. The van der Waals surface area contributed by atoms with Crippen LogP contribution in [0.5, 0.6) is 0 Å². The Morgan fingerprint density at radius 2 is 2.13 bits per heavy atom. The zero-order valence-corrected chi connectivity index (χ0v) is 10.0. The predicted molar refractivity (Wildman–Crippen MR) is 65.1 cm³/mol. The number of aromatic nitrogens is 1. The Kier molecular flexibility index (Phi) is 6.37. The third kappa shape index (κ3) is 5.14. The third-order valence-corrected chi connectivity index (χ3v) is 2.82. The lowest BCUT2D eigenvalue weighted by Gasteiger charge is -2.13. The van der Waals surface area contributed by atoms with Gasteiger partial charge in [-0.1, -0.05) is 13.3 Å². The molecule has 1 aromatic heterocycles. The van der Waals surface area contributed by atoms with Gasteiger partial charge in [0, 0.05) is 24.8 Å². The summed E-state index contributed by atoms with van der Waals surface area (Å²) in [4.78, 5) is 3.99. The SMILES string of the molecule is CCC(CCCl)CNCc1ccncc1. The minimum atomic E-state index is 0.698. The molecule has 0 aliphatic heterocycles. The van der Waals surface area contributed by atoms with Crippen molar-refractivity contribution in [2.45, 2.75) is 26.3 Å². The minimum Gasteiger partial charge on any atom is -0.312 e. The molecule has 1 heterocycles. The van der Waals surface area contributed by atoms with Crippen LogP contribution < -0.4 is 5.32 Å². The Labute approximate surface area is 97.1 Å². The van der Waals surface area contributed by atoms with Crippen LogP contribution in [-0.4, -0.2) is 17.4 Å². The molecule has 0 saturated heterocycles. The van der Waals surface area contributed by atoms with Gasteiger partial charge >= 0.3 is 0 Å². The first-order chi connectivity index (χ1) is 7.36. The number of halogens is 1. The standard InChI is InChI=1S/C12H19ClN2/c1-2-11(3-6-13)9-15-10-12-4-7-14-8-5-12/h4-5,7-8,11,15H,2-3,6,9-10H2,1H3. The molecule has 0 amide bonds. The molecular weight excluding hydrogens is 208 g/mol. The zero-order valence-electron chi connectivity index (χ0n) is 9.25. The Bertz CT molecular complexity index is 251. The van der Waals surface area contributed by atoms with Crippen molar-refractivity contribution in [2.24, 2.45) is 5.92 Å². The summed E-state index contributed by atoms with van der Waals surface area (Å²) in [7, 11) is 0. The average molecular weight is 227 g/mol. The van der Waals surface area contributed by atoms with Crippen molar-refractivity contribution < 1.29 is 0 Å². The quantitative estimate of drug-likeness (QED) is 0.724. The van der Waals surface area contributed by atoms with Gasteiger partial charge in [0.25, 0.3) is 0 Å². The molecule has 0 aliphatic carbocycles. The van der Waals surface area contributed by atoms with Gasteiger partial charge in [-0.05, 0) is 36.6 Å². The van der Waals surface area contributed by atoms with Crippen LogP contribution in [-0.2, 0) is 6.54 Å². The topological polar surface area (TPSA) is 24.9 Å². The predicted octanol–water partition coefficient (Wildman–Crippen LogP) is 2.83. The van der Waals surface area contributed by atoms with Crippen molar-refractivity contribution >= 4 is 11.6 Å². The van der Waals surface area contributed by atoms with E-state index in [9.17, 15) is 0 Å². The molecule has 0 aliphatic rings. The van der Waals surface area contributed by atoms with Crippen molar-refractivity contribution in [2.75, 3.05) is 12.4 Å². The van der Waals surface area contributed by atoms with Crippen LogP contribution >= 0.6 is 11.6 Å².